The summed E-state index contributed by atoms with van der Waals surface area (Å²) in [7, 11) is 0. The number of nitrogens with zero attached hydrogens (tertiary/aromatic N) is 3. The van der Waals surface area contributed by atoms with E-state index in [1.54, 1.807) is 0 Å². The van der Waals surface area contributed by atoms with Crippen molar-refractivity contribution in [1.29, 1.82) is 0 Å². The predicted molar refractivity (Wildman–Crippen MR) is 151 cm³/mol. The van der Waals surface area contributed by atoms with E-state index in [1.807, 2.05) is 24.3 Å². The minimum absolute atomic E-state index is 0.904. The van der Waals surface area contributed by atoms with E-state index in [9.17, 15) is 0 Å². The van der Waals surface area contributed by atoms with E-state index in [0.717, 1.165) is 45.2 Å². The van der Waals surface area contributed by atoms with Crippen LogP contribution >= 0.6 is 0 Å². The lowest BCUT2D eigenvalue weighted by Crippen LogP contribution is -2.09. The standard InChI is InChI=1S/C33H25N3/c1-4-12-27(13-5-1)35(28-14-6-2-7-15-28)30-23-20-26(21-24-30)22-25-33-34-31-18-10-11-19-32(31)36(33)29-16-8-3-9-17-29/h1-25H. The van der Waals surface area contributed by atoms with Crippen molar-refractivity contribution in [2.45, 2.75) is 0 Å². The molecule has 0 aliphatic heterocycles. The Morgan fingerprint density at radius 1 is 0.500 bits per heavy atom. The molecule has 5 aromatic carbocycles. The molecule has 0 atom stereocenters. The molecular formula is C33H25N3. The topological polar surface area (TPSA) is 21.1 Å². The minimum atomic E-state index is 0.904. The fourth-order valence-electron chi connectivity index (χ4n) is 4.51. The summed E-state index contributed by atoms with van der Waals surface area (Å²) in [6.45, 7) is 0. The largest absolute Gasteiger partial charge is 0.311 e. The Hall–Kier alpha value is -4.89. The van der Waals surface area contributed by atoms with Gasteiger partial charge in [0, 0.05) is 22.7 Å². The maximum Gasteiger partial charge on any atom is 0.138 e. The number of fused-ring (bicyclic) bond motifs is 1. The number of benzene rings is 5. The fraction of sp³-hybridized carbons (Fsp3) is 0. The third kappa shape index (κ3) is 4.30. The van der Waals surface area contributed by atoms with E-state index < -0.39 is 0 Å². The van der Waals surface area contributed by atoms with Gasteiger partial charge in [0.05, 0.1) is 11.0 Å². The van der Waals surface area contributed by atoms with Crippen molar-refractivity contribution in [3.05, 3.63) is 151 Å². The Morgan fingerprint density at radius 2 is 1.03 bits per heavy atom. The van der Waals surface area contributed by atoms with Crippen molar-refractivity contribution in [1.82, 2.24) is 9.55 Å². The Bertz CT molecular complexity index is 1560. The molecule has 0 N–H and O–H groups in total. The first-order valence-electron chi connectivity index (χ1n) is 12.1. The second-order valence-electron chi connectivity index (χ2n) is 8.56. The number of anilines is 3. The highest BCUT2D eigenvalue weighted by atomic mass is 15.1. The van der Waals surface area contributed by atoms with Gasteiger partial charge in [-0.2, -0.15) is 0 Å². The molecule has 1 aromatic heterocycles. The Morgan fingerprint density at radius 3 is 1.67 bits per heavy atom. The zero-order valence-electron chi connectivity index (χ0n) is 19.8. The molecule has 0 fully saturated rings. The van der Waals surface area contributed by atoms with Crippen molar-refractivity contribution in [2.24, 2.45) is 0 Å². The van der Waals surface area contributed by atoms with E-state index in [-0.39, 0.29) is 0 Å². The molecule has 3 nitrogen and oxygen atoms in total. The molecule has 0 unspecified atom stereocenters. The van der Waals surface area contributed by atoms with Gasteiger partial charge < -0.3 is 4.90 Å². The third-order valence-electron chi connectivity index (χ3n) is 6.21. The van der Waals surface area contributed by atoms with Crippen LogP contribution < -0.4 is 4.90 Å². The molecule has 36 heavy (non-hydrogen) atoms. The summed E-state index contributed by atoms with van der Waals surface area (Å²) >= 11 is 0. The fourth-order valence-corrected chi connectivity index (χ4v) is 4.51. The summed E-state index contributed by atoms with van der Waals surface area (Å²) in [6.07, 6.45) is 4.22. The molecule has 0 saturated heterocycles. The number of hydrogen-bond acceptors (Lipinski definition) is 2. The zero-order valence-corrected chi connectivity index (χ0v) is 19.8. The van der Waals surface area contributed by atoms with Gasteiger partial charge in [0.2, 0.25) is 0 Å². The van der Waals surface area contributed by atoms with Crippen molar-refractivity contribution in [2.75, 3.05) is 4.90 Å². The zero-order chi connectivity index (χ0) is 24.2. The van der Waals surface area contributed by atoms with Gasteiger partial charge in [0.1, 0.15) is 5.82 Å². The first kappa shape index (κ1) is 21.6. The van der Waals surface area contributed by atoms with Gasteiger partial charge in [-0.05, 0) is 72.3 Å². The second-order valence-corrected chi connectivity index (χ2v) is 8.56. The van der Waals surface area contributed by atoms with Crippen LogP contribution in [0.4, 0.5) is 17.1 Å². The van der Waals surface area contributed by atoms with Crippen LogP contribution in [0.2, 0.25) is 0 Å². The van der Waals surface area contributed by atoms with Gasteiger partial charge in [-0.1, -0.05) is 84.9 Å². The van der Waals surface area contributed by atoms with Crippen LogP contribution in [0, 0.1) is 0 Å². The number of rotatable bonds is 6. The van der Waals surface area contributed by atoms with Crippen molar-refractivity contribution in [3.8, 4) is 5.69 Å². The first-order valence-corrected chi connectivity index (χ1v) is 12.1. The van der Waals surface area contributed by atoms with Crippen LogP contribution in [0.15, 0.2) is 140 Å². The summed E-state index contributed by atoms with van der Waals surface area (Å²) in [5.41, 5.74) is 7.67. The maximum atomic E-state index is 4.90. The van der Waals surface area contributed by atoms with Crippen molar-refractivity contribution >= 4 is 40.2 Å². The highest BCUT2D eigenvalue weighted by Gasteiger charge is 2.12. The highest BCUT2D eigenvalue weighted by Crippen LogP contribution is 2.34. The van der Waals surface area contributed by atoms with Gasteiger partial charge in [-0.3, -0.25) is 4.57 Å². The second kappa shape index (κ2) is 9.77. The summed E-state index contributed by atoms with van der Waals surface area (Å²) < 4.78 is 2.20. The van der Waals surface area contributed by atoms with Crippen LogP contribution in [0.1, 0.15) is 11.4 Å². The van der Waals surface area contributed by atoms with Gasteiger partial charge >= 0.3 is 0 Å². The van der Waals surface area contributed by atoms with Crippen molar-refractivity contribution < 1.29 is 0 Å². The Balaban J connectivity index is 1.35. The van der Waals surface area contributed by atoms with Crippen LogP contribution in [-0.2, 0) is 0 Å². The average Bonchev–Trinajstić information content (AvgIpc) is 3.33. The molecule has 3 heteroatoms. The lowest BCUT2D eigenvalue weighted by Gasteiger charge is -2.25. The van der Waals surface area contributed by atoms with Gasteiger partial charge in [-0.25, -0.2) is 4.98 Å². The van der Waals surface area contributed by atoms with E-state index in [2.05, 4.69) is 137 Å². The van der Waals surface area contributed by atoms with Crippen molar-refractivity contribution in [3.63, 3.8) is 0 Å². The van der Waals surface area contributed by atoms with Gasteiger partial charge in [0.15, 0.2) is 0 Å². The molecule has 1 heterocycles. The van der Waals surface area contributed by atoms with Crippen LogP contribution in [0.3, 0.4) is 0 Å². The number of hydrogen-bond donors (Lipinski definition) is 0. The maximum absolute atomic E-state index is 4.90. The van der Waals surface area contributed by atoms with Gasteiger partial charge in [-0.15, -0.1) is 0 Å². The summed E-state index contributed by atoms with van der Waals surface area (Å²) in [6, 6.07) is 48.2. The number of para-hydroxylation sites is 5. The Kier molecular flexibility index (Phi) is 5.87. The molecule has 6 aromatic rings. The SMILES string of the molecule is C(=Cc1nc2ccccc2n1-c1ccccc1)c1ccc(N(c2ccccc2)c2ccccc2)cc1. The summed E-state index contributed by atoms with van der Waals surface area (Å²) in [5, 5.41) is 0. The molecule has 0 saturated carbocycles. The molecule has 0 radical (unpaired) electrons. The van der Waals surface area contributed by atoms with E-state index in [0.29, 0.717) is 0 Å². The molecular weight excluding hydrogens is 438 g/mol. The lowest BCUT2D eigenvalue weighted by molar-refractivity contribution is 1.07. The average molecular weight is 464 g/mol. The first-order chi connectivity index (χ1) is 17.9. The van der Waals surface area contributed by atoms with E-state index in [1.165, 1.54) is 0 Å². The van der Waals surface area contributed by atoms with Crippen LogP contribution in [-0.4, -0.2) is 9.55 Å². The monoisotopic (exact) mass is 463 g/mol. The highest BCUT2D eigenvalue weighted by molar-refractivity contribution is 5.83. The number of imidazole rings is 1. The molecule has 6 rings (SSSR count). The predicted octanol–water partition coefficient (Wildman–Crippen LogP) is 8.67. The van der Waals surface area contributed by atoms with Crippen LogP contribution in [0.25, 0.3) is 28.9 Å². The number of aromatic nitrogens is 2. The summed E-state index contributed by atoms with van der Waals surface area (Å²) in [4.78, 5) is 7.16. The van der Waals surface area contributed by atoms with Gasteiger partial charge in [0.25, 0.3) is 0 Å². The molecule has 172 valence electrons. The molecule has 0 amide bonds. The third-order valence-corrected chi connectivity index (χ3v) is 6.21. The molecule has 0 spiro atoms. The normalized spacial score (nSPS) is 11.2. The minimum Gasteiger partial charge on any atom is -0.311 e. The lowest BCUT2D eigenvalue weighted by atomic mass is 10.1. The van der Waals surface area contributed by atoms with E-state index >= 15 is 0 Å². The Labute approximate surface area is 211 Å². The summed E-state index contributed by atoms with van der Waals surface area (Å²) in [5.74, 6) is 0.904. The molecule has 0 aliphatic carbocycles. The molecule has 0 aliphatic rings. The molecule has 0 bridgehead atoms. The van der Waals surface area contributed by atoms with Crippen LogP contribution in [0.5, 0.6) is 0 Å². The quantitative estimate of drug-likeness (QED) is 0.246. The smallest absolute Gasteiger partial charge is 0.138 e. The van der Waals surface area contributed by atoms with E-state index in [4.69, 9.17) is 4.98 Å².